The fourth-order valence-corrected chi connectivity index (χ4v) is 4.57. The second kappa shape index (κ2) is 8.36. The van der Waals surface area contributed by atoms with Gasteiger partial charge in [0.25, 0.3) is 0 Å². The molecular weight excluding hydrogens is 483 g/mol. The molecular formula is C24H19FN8O2S. The van der Waals surface area contributed by atoms with E-state index in [1.807, 2.05) is 24.3 Å². The van der Waals surface area contributed by atoms with E-state index < -0.39 is 15.8 Å². The number of benzene rings is 2. The van der Waals surface area contributed by atoms with Crippen LogP contribution in [-0.2, 0) is 16.6 Å². The molecule has 10 nitrogen and oxygen atoms in total. The Bertz CT molecular complexity index is 1840. The lowest BCUT2D eigenvalue weighted by Crippen LogP contribution is -2.21. The van der Waals surface area contributed by atoms with E-state index in [1.165, 1.54) is 12.1 Å². The first-order valence-electron chi connectivity index (χ1n) is 10.9. The maximum atomic E-state index is 14.5. The first kappa shape index (κ1) is 22.1. The highest BCUT2D eigenvalue weighted by atomic mass is 32.2. The van der Waals surface area contributed by atoms with Gasteiger partial charge >= 0.3 is 0 Å². The number of nitrogens with zero attached hydrogens (tertiary/aromatic N) is 4. The topological polar surface area (TPSA) is 145 Å². The van der Waals surface area contributed by atoms with Crippen molar-refractivity contribution in [3.05, 3.63) is 72.4 Å². The molecule has 6 rings (SSSR count). The van der Waals surface area contributed by atoms with E-state index in [9.17, 15) is 12.8 Å². The zero-order valence-corrected chi connectivity index (χ0v) is 19.7. The number of para-hydroxylation sites is 1. The van der Waals surface area contributed by atoms with Crippen LogP contribution in [0, 0.1) is 5.82 Å². The highest BCUT2D eigenvalue weighted by Gasteiger charge is 2.17. The van der Waals surface area contributed by atoms with E-state index in [1.54, 1.807) is 24.7 Å². The molecule has 0 aliphatic heterocycles. The van der Waals surface area contributed by atoms with Crippen LogP contribution in [0.5, 0.6) is 0 Å². The molecule has 0 aliphatic carbocycles. The summed E-state index contributed by atoms with van der Waals surface area (Å²) >= 11 is 0. The number of hydrogen-bond donors (Lipinski definition) is 4. The molecule has 180 valence electrons. The van der Waals surface area contributed by atoms with Gasteiger partial charge in [-0.15, -0.1) is 0 Å². The third-order valence-corrected chi connectivity index (χ3v) is 6.45. The number of fused-ring (bicyclic) bond motifs is 2. The lowest BCUT2D eigenvalue weighted by atomic mass is 10.0. The molecule has 4 N–H and O–H groups in total. The molecule has 0 spiro atoms. The van der Waals surface area contributed by atoms with Crippen LogP contribution in [-0.4, -0.2) is 50.0 Å². The molecule has 6 aromatic rings. The lowest BCUT2D eigenvalue weighted by Gasteiger charge is -2.08. The molecule has 0 unspecified atom stereocenters. The third kappa shape index (κ3) is 4.12. The highest BCUT2D eigenvalue weighted by molar-refractivity contribution is 7.88. The summed E-state index contributed by atoms with van der Waals surface area (Å²) in [6, 6.07) is 12.0. The van der Waals surface area contributed by atoms with Crippen LogP contribution in [0.1, 0.15) is 5.56 Å². The number of rotatable bonds is 6. The zero-order valence-electron chi connectivity index (χ0n) is 18.9. The van der Waals surface area contributed by atoms with Crippen molar-refractivity contribution in [2.75, 3.05) is 6.26 Å². The Balaban J connectivity index is 1.44. The fourth-order valence-electron chi connectivity index (χ4n) is 4.15. The first-order valence-corrected chi connectivity index (χ1v) is 12.8. The highest BCUT2D eigenvalue weighted by Crippen LogP contribution is 2.33. The van der Waals surface area contributed by atoms with Crippen molar-refractivity contribution in [3.8, 4) is 33.9 Å². The van der Waals surface area contributed by atoms with Gasteiger partial charge in [0, 0.05) is 29.3 Å². The van der Waals surface area contributed by atoms with Gasteiger partial charge in [-0.2, -0.15) is 10.2 Å². The number of aromatic amines is 3. The molecule has 0 bridgehead atoms. The molecule has 2 aromatic carbocycles. The molecule has 4 aromatic heterocycles. The van der Waals surface area contributed by atoms with E-state index in [0.29, 0.717) is 33.7 Å². The SMILES string of the molecule is CS(=O)(=O)NCc1cc(F)cc(-c2cccc3[nH]c(-c4n[nH]c5cnc(-c6cn[nH]c6)cc45)nc23)c1. The van der Waals surface area contributed by atoms with Crippen LogP contribution in [0.4, 0.5) is 4.39 Å². The van der Waals surface area contributed by atoms with E-state index >= 15 is 0 Å². The summed E-state index contributed by atoms with van der Waals surface area (Å²) in [6.07, 6.45) is 6.23. The van der Waals surface area contributed by atoms with Crippen molar-refractivity contribution in [2.24, 2.45) is 0 Å². The van der Waals surface area contributed by atoms with Gasteiger partial charge in [0.1, 0.15) is 11.5 Å². The minimum Gasteiger partial charge on any atom is -0.337 e. The summed E-state index contributed by atoms with van der Waals surface area (Å²) in [5.74, 6) is 0.0755. The van der Waals surface area contributed by atoms with Crippen molar-refractivity contribution in [1.82, 2.24) is 40.1 Å². The van der Waals surface area contributed by atoms with Crippen molar-refractivity contribution >= 4 is 32.0 Å². The molecule has 0 radical (unpaired) electrons. The van der Waals surface area contributed by atoms with Gasteiger partial charge in [0.15, 0.2) is 5.82 Å². The number of pyridine rings is 1. The first-order chi connectivity index (χ1) is 17.3. The monoisotopic (exact) mass is 502 g/mol. The standard InChI is InChI=1S/C24H19FN8O2S/c1-36(34,35)29-9-13-5-14(7-16(25)6-13)17-3-2-4-19-22(17)31-24(30-19)23-18-8-20(15-10-27-28-11-15)26-12-21(18)32-33-23/h2-8,10-12,29H,9H2,1H3,(H,27,28)(H,30,31)(H,32,33). The second-order valence-corrected chi connectivity index (χ2v) is 10.2. The van der Waals surface area contributed by atoms with E-state index in [2.05, 4.69) is 35.1 Å². The van der Waals surface area contributed by atoms with Gasteiger partial charge in [0.05, 0.1) is 40.9 Å². The maximum absolute atomic E-state index is 14.5. The lowest BCUT2D eigenvalue weighted by molar-refractivity contribution is 0.586. The second-order valence-electron chi connectivity index (χ2n) is 8.40. The molecule has 0 fully saturated rings. The number of H-pyrrole nitrogens is 3. The Morgan fingerprint density at radius 1 is 1.06 bits per heavy atom. The van der Waals surface area contributed by atoms with Crippen LogP contribution < -0.4 is 4.72 Å². The predicted molar refractivity (Wildman–Crippen MR) is 134 cm³/mol. The third-order valence-electron chi connectivity index (χ3n) is 5.79. The van der Waals surface area contributed by atoms with Gasteiger partial charge in [-0.3, -0.25) is 15.2 Å². The number of sulfonamides is 1. The van der Waals surface area contributed by atoms with Gasteiger partial charge in [-0.25, -0.2) is 22.5 Å². The largest absolute Gasteiger partial charge is 0.337 e. The summed E-state index contributed by atoms with van der Waals surface area (Å²) in [6.45, 7) is -0.0162. The molecule has 0 aliphatic rings. The summed E-state index contributed by atoms with van der Waals surface area (Å²) in [7, 11) is -3.41. The van der Waals surface area contributed by atoms with Gasteiger partial charge in [-0.05, 0) is 41.5 Å². The Morgan fingerprint density at radius 3 is 2.75 bits per heavy atom. The molecule has 0 atom stereocenters. The number of aromatic nitrogens is 7. The average Bonchev–Trinajstić information content (AvgIpc) is 3.60. The Morgan fingerprint density at radius 2 is 1.94 bits per heavy atom. The maximum Gasteiger partial charge on any atom is 0.209 e. The summed E-state index contributed by atoms with van der Waals surface area (Å²) in [4.78, 5) is 12.6. The molecule has 0 amide bonds. The normalized spacial score (nSPS) is 12.1. The number of hydrogen-bond acceptors (Lipinski definition) is 6. The summed E-state index contributed by atoms with van der Waals surface area (Å²) < 4.78 is 39.8. The average molecular weight is 503 g/mol. The van der Waals surface area contributed by atoms with Gasteiger partial charge < -0.3 is 4.98 Å². The van der Waals surface area contributed by atoms with Gasteiger partial charge in [0.2, 0.25) is 10.0 Å². The zero-order chi connectivity index (χ0) is 24.9. The Kier molecular flexibility index (Phi) is 5.12. The fraction of sp³-hybridized carbons (Fsp3) is 0.0833. The minimum absolute atomic E-state index is 0.0162. The summed E-state index contributed by atoms with van der Waals surface area (Å²) in [5, 5.41) is 15.0. The van der Waals surface area contributed by atoms with Crippen LogP contribution in [0.3, 0.4) is 0 Å². The van der Waals surface area contributed by atoms with E-state index in [4.69, 9.17) is 4.98 Å². The quantitative estimate of drug-likeness (QED) is 0.273. The van der Waals surface area contributed by atoms with Crippen LogP contribution in [0.15, 0.2) is 61.1 Å². The molecule has 12 heteroatoms. The number of halogens is 1. The summed E-state index contributed by atoms with van der Waals surface area (Å²) in [5.41, 5.74) is 6.15. The predicted octanol–water partition coefficient (Wildman–Crippen LogP) is 3.75. The smallest absolute Gasteiger partial charge is 0.209 e. The van der Waals surface area contributed by atoms with Crippen molar-refractivity contribution in [1.29, 1.82) is 0 Å². The molecule has 0 saturated heterocycles. The Labute approximate surface area is 204 Å². The van der Waals surface area contributed by atoms with Gasteiger partial charge in [-0.1, -0.05) is 12.1 Å². The molecule has 0 saturated carbocycles. The molecule has 36 heavy (non-hydrogen) atoms. The van der Waals surface area contributed by atoms with Crippen LogP contribution in [0.2, 0.25) is 0 Å². The van der Waals surface area contributed by atoms with Crippen molar-refractivity contribution < 1.29 is 12.8 Å². The number of nitrogens with one attached hydrogen (secondary N) is 4. The van der Waals surface area contributed by atoms with Crippen molar-refractivity contribution in [3.63, 3.8) is 0 Å². The molecule has 4 heterocycles. The van der Waals surface area contributed by atoms with E-state index in [-0.39, 0.29) is 6.54 Å². The van der Waals surface area contributed by atoms with Crippen molar-refractivity contribution in [2.45, 2.75) is 6.54 Å². The van der Waals surface area contributed by atoms with E-state index in [0.717, 1.165) is 33.9 Å². The minimum atomic E-state index is -3.41. The Hall–Kier alpha value is -4.42. The van der Waals surface area contributed by atoms with Crippen LogP contribution in [0.25, 0.3) is 55.8 Å². The van der Waals surface area contributed by atoms with Crippen LogP contribution >= 0.6 is 0 Å². The number of imidazole rings is 1.